The van der Waals surface area contributed by atoms with E-state index in [9.17, 15) is 4.79 Å². The molecular weight excluding hydrogens is 242 g/mol. The molecular formula is C15H21NOS. The summed E-state index contributed by atoms with van der Waals surface area (Å²) >= 11 is 4.48. The minimum atomic E-state index is -0.224. The lowest BCUT2D eigenvalue weighted by Gasteiger charge is -2.27. The van der Waals surface area contributed by atoms with Gasteiger partial charge in [-0.2, -0.15) is 12.6 Å². The average Bonchev–Trinajstić information content (AvgIpc) is 2.92. The van der Waals surface area contributed by atoms with Gasteiger partial charge < -0.3 is 4.90 Å². The SMILES string of the molecule is CN(C(=O)C(S)Cc1ccccc1)C1CCCC1. The van der Waals surface area contributed by atoms with E-state index in [1.165, 1.54) is 18.4 Å². The zero-order chi connectivity index (χ0) is 13.0. The molecule has 1 aliphatic rings. The monoisotopic (exact) mass is 263 g/mol. The largest absolute Gasteiger partial charge is 0.342 e. The van der Waals surface area contributed by atoms with E-state index in [2.05, 4.69) is 12.6 Å². The summed E-state index contributed by atoms with van der Waals surface area (Å²) in [5, 5.41) is -0.224. The summed E-state index contributed by atoms with van der Waals surface area (Å²) in [7, 11) is 1.92. The first-order valence-electron chi connectivity index (χ1n) is 6.67. The van der Waals surface area contributed by atoms with Crippen molar-refractivity contribution in [3.05, 3.63) is 35.9 Å². The van der Waals surface area contributed by atoms with Crippen LogP contribution in [0.25, 0.3) is 0 Å². The molecule has 1 aliphatic carbocycles. The van der Waals surface area contributed by atoms with Gasteiger partial charge in [0.05, 0.1) is 5.25 Å². The van der Waals surface area contributed by atoms with Gasteiger partial charge in [0.1, 0.15) is 0 Å². The average molecular weight is 263 g/mol. The molecule has 1 fully saturated rings. The summed E-state index contributed by atoms with van der Waals surface area (Å²) in [6.45, 7) is 0. The van der Waals surface area contributed by atoms with Crippen LogP contribution < -0.4 is 0 Å². The van der Waals surface area contributed by atoms with Gasteiger partial charge in [-0.25, -0.2) is 0 Å². The second-order valence-corrected chi connectivity index (χ2v) is 5.72. The first-order chi connectivity index (χ1) is 8.68. The molecule has 0 aliphatic heterocycles. The highest BCUT2D eigenvalue weighted by molar-refractivity contribution is 7.81. The van der Waals surface area contributed by atoms with Gasteiger partial charge >= 0.3 is 0 Å². The number of hydrogen-bond acceptors (Lipinski definition) is 2. The molecule has 1 aromatic rings. The van der Waals surface area contributed by atoms with Crippen LogP contribution in [0, 0.1) is 0 Å². The van der Waals surface area contributed by atoms with Crippen molar-refractivity contribution in [3.63, 3.8) is 0 Å². The molecule has 1 aromatic carbocycles. The number of carbonyl (C=O) groups excluding carboxylic acids is 1. The Morgan fingerprint density at radius 3 is 2.56 bits per heavy atom. The highest BCUT2D eigenvalue weighted by atomic mass is 32.1. The topological polar surface area (TPSA) is 20.3 Å². The van der Waals surface area contributed by atoms with Crippen molar-refractivity contribution in [2.45, 2.75) is 43.4 Å². The lowest BCUT2D eigenvalue weighted by Crippen LogP contribution is -2.40. The van der Waals surface area contributed by atoms with Crippen LogP contribution in [0.3, 0.4) is 0 Å². The van der Waals surface area contributed by atoms with E-state index in [1.54, 1.807) is 0 Å². The maximum absolute atomic E-state index is 12.3. The fourth-order valence-electron chi connectivity index (χ4n) is 2.63. The van der Waals surface area contributed by atoms with E-state index >= 15 is 0 Å². The minimum Gasteiger partial charge on any atom is -0.342 e. The van der Waals surface area contributed by atoms with E-state index in [4.69, 9.17) is 0 Å². The zero-order valence-electron chi connectivity index (χ0n) is 10.9. The number of carbonyl (C=O) groups is 1. The summed E-state index contributed by atoms with van der Waals surface area (Å²) in [5.41, 5.74) is 1.17. The Hall–Kier alpha value is -0.960. The molecule has 1 saturated carbocycles. The van der Waals surface area contributed by atoms with Gasteiger partial charge in [0.15, 0.2) is 0 Å². The molecule has 0 aromatic heterocycles. The second-order valence-electron chi connectivity index (χ2n) is 5.09. The van der Waals surface area contributed by atoms with Crippen molar-refractivity contribution < 1.29 is 4.79 Å². The summed E-state index contributed by atoms with van der Waals surface area (Å²) in [4.78, 5) is 14.2. The van der Waals surface area contributed by atoms with Crippen molar-refractivity contribution in [2.24, 2.45) is 0 Å². The molecule has 1 atom stereocenters. The summed E-state index contributed by atoms with van der Waals surface area (Å²) < 4.78 is 0. The molecule has 18 heavy (non-hydrogen) atoms. The zero-order valence-corrected chi connectivity index (χ0v) is 11.8. The summed E-state index contributed by atoms with van der Waals surface area (Å²) in [6.07, 6.45) is 5.50. The molecule has 0 radical (unpaired) electrons. The third kappa shape index (κ3) is 3.29. The Kier molecular flexibility index (Phi) is 4.70. The molecule has 0 spiro atoms. The van der Waals surface area contributed by atoms with Crippen LogP contribution in [-0.4, -0.2) is 29.1 Å². The number of amides is 1. The Morgan fingerprint density at radius 1 is 1.33 bits per heavy atom. The Labute approximate surface area is 115 Å². The molecule has 3 heteroatoms. The van der Waals surface area contributed by atoms with Crippen molar-refractivity contribution in [3.8, 4) is 0 Å². The van der Waals surface area contributed by atoms with Crippen LogP contribution >= 0.6 is 12.6 Å². The van der Waals surface area contributed by atoms with Gasteiger partial charge in [0.25, 0.3) is 0 Å². The third-order valence-electron chi connectivity index (χ3n) is 3.78. The first kappa shape index (κ1) is 13.5. The predicted molar refractivity (Wildman–Crippen MR) is 77.9 cm³/mol. The van der Waals surface area contributed by atoms with Gasteiger partial charge in [-0.3, -0.25) is 4.79 Å². The third-order valence-corrected chi connectivity index (χ3v) is 4.18. The van der Waals surface area contributed by atoms with Crippen LogP contribution in [0.1, 0.15) is 31.2 Å². The molecule has 2 nitrogen and oxygen atoms in total. The fraction of sp³-hybridized carbons (Fsp3) is 0.533. The highest BCUT2D eigenvalue weighted by Crippen LogP contribution is 2.23. The Balaban J connectivity index is 1.91. The number of thiol groups is 1. The van der Waals surface area contributed by atoms with Gasteiger partial charge in [-0.1, -0.05) is 43.2 Å². The van der Waals surface area contributed by atoms with Crippen molar-refractivity contribution in [2.75, 3.05) is 7.05 Å². The first-order valence-corrected chi connectivity index (χ1v) is 7.19. The number of benzene rings is 1. The van der Waals surface area contributed by atoms with Crippen LogP contribution in [0.15, 0.2) is 30.3 Å². The van der Waals surface area contributed by atoms with Gasteiger partial charge in [0, 0.05) is 13.1 Å². The van der Waals surface area contributed by atoms with E-state index in [1.807, 2.05) is 42.3 Å². The quantitative estimate of drug-likeness (QED) is 0.828. The standard InChI is InChI=1S/C15H21NOS/c1-16(13-9-5-6-10-13)15(17)14(18)11-12-7-3-2-4-8-12/h2-4,7-8,13-14,18H,5-6,9-11H2,1H3. The van der Waals surface area contributed by atoms with Crippen molar-refractivity contribution in [1.82, 2.24) is 4.90 Å². The molecule has 1 unspecified atom stereocenters. The Bertz CT molecular complexity index is 387. The Morgan fingerprint density at radius 2 is 1.94 bits per heavy atom. The number of nitrogens with zero attached hydrogens (tertiary/aromatic N) is 1. The lowest BCUT2D eigenvalue weighted by atomic mass is 10.1. The predicted octanol–water partition coefficient (Wildman–Crippen LogP) is 2.93. The van der Waals surface area contributed by atoms with Crippen molar-refractivity contribution in [1.29, 1.82) is 0 Å². The minimum absolute atomic E-state index is 0.161. The summed E-state index contributed by atoms with van der Waals surface area (Å²) in [5.74, 6) is 0.161. The maximum Gasteiger partial charge on any atom is 0.235 e. The van der Waals surface area contributed by atoms with E-state index in [0.29, 0.717) is 12.5 Å². The van der Waals surface area contributed by atoms with Gasteiger partial charge in [0.2, 0.25) is 5.91 Å². The van der Waals surface area contributed by atoms with E-state index in [0.717, 1.165) is 12.8 Å². The molecule has 0 saturated heterocycles. The molecule has 0 bridgehead atoms. The van der Waals surface area contributed by atoms with Crippen LogP contribution in [0.4, 0.5) is 0 Å². The molecule has 98 valence electrons. The summed E-state index contributed by atoms with van der Waals surface area (Å²) in [6, 6.07) is 10.5. The fourth-order valence-corrected chi connectivity index (χ4v) is 3.02. The van der Waals surface area contributed by atoms with Crippen LogP contribution in [0.2, 0.25) is 0 Å². The van der Waals surface area contributed by atoms with Gasteiger partial charge in [-0.15, -0.1) is 0 Å². The molecule has 2 rings (SSSR count). The van der Waals surface area contributed by atoms with Gasteiger partial charge in [-0.05, 0) is 24.8 Å². The molecule has 0 N–H and O–H groups in total. The highest BCUT2D eigenvalue weighted by Gasteiger charge is 2.26. The smallest absolute Gasteiger partial charge is 0.235 e. The van der Waals surface area contributed by atoms with Crippen LogP contribution in [-0.2, 0) is 11.2 Å². The van der Waals surface area contributed by atoms with E-state index in [-0.39, 0.29) is 11.2 Å². The maximum atomic E-state index is 12.3. The van der Waals surface area contributed by atoms with E-state index < -0.39 is 0 Å². The molecule has 0 heterocycles. The second kappa shape index (κ2) is 6.28. The number of hydrogen-bond donors (Lipinski definition) is 1. The lowest BCUT2D eigenvalue weighted by molar-refractivity contribution is -0.131. The number of rotatable bonds is 4. The normalized spacial score (nSPS) is 17.7. The van der Waals surface area contributed by atoms with Crippen LogP contribution in [0.5, 0.6) is 0 Å². The van der Waals surface area contributed by atoms with Crippen molar-refractivity contribution >= 4 is 18.5 Å². The molecule has 1 amide bonds.